The molecule has 0 saturated heterocycles. The lowest BCUT2D eigenvalue weighted by atomic mass is 9.92. The highest BCUT2D eigenvalue weighted by Crippen LogP contribution is 2.36. The second-order valence-corrected chi connectivity index (χ2v) is 8.13. The fourth-order valence-electron chi connectivity index (χ4n) is 1.28. The largest absolute Gasteiger partial charge is 0.490 e. The Morgan fingerprint density at radius 2 is 1.80 bits per heavy atom. The molecule has 8 heteroatoms. The van der Waals surface area contributed by atoms with Gasteiger partial charge in [0.1, 0.15) is 0 Å². The van der Waals surface area contributed by atoms with Gasteiger partial charge in [-0.2, -0.15) is 5.26 Å². The lowest BCUT2D eigenvalue weighted by Gasteiger charge is -2.16. The molecule has 1 aromatic rings. The molecule has 0 spiro atoms. The van der Waals surface area contributed by atoms with Crippen LogP contribution in [0.4, 0.5) is 0 Å². The van der Waals surface area contributed by atoms with Gasteiger partial charge in [-0.3, -0.25) is 0 Å². The number of ether oxygens (including phenoxy) is 1. The predicted octanol–water partition coefficient (Wildman–Crippen LogP) is 4.24. The molecule has 4 nitrogen and oxygen atoms in total. The molecule has 0 fully saturated rings. The molecule has 0 aliphatic carbocycles. The predicted molar refractivity (Wildman–Crippen MR) is 79.0 cm³/mol. The number of nitrogens with zero attached hydrogens (tertiary/aromatic N) is 1. The van der Waals surface area contributed by atoms with Crippen molar-refractivity contribution in [2.24, 2.45) is 5.41 Å². The van der Waals surface area contributed by atoms with Crippen LogP contribution >= 0.6 is 33.9 Å². The number of nitriles is 1. The molecular formula is C12H12Cl3NO3S. The number of halogens is 3. The fourth-order valence-corrected chi connectivity index (χ4v) is 2.79. The van der Waals surface area contributed by atoms with E-state index >= 15 is 0 Å². The Labute approximate surface area is 132 Å². The van der Waals surface area contributed by atoms with E-state index in [9.17, 15) is 8.42 Å². The molecule has 110 valence electrons. The first-order chi connectivity index (χ1) is 9.07. The van der Waals surface area contributed by atoms with Gasteiger partial charge in [0.05, 0.1) is 33.0 Å². The molecule has 0 bridgehead atoms. The highest BCUT2D eigenvalue weighted by Gasteiger charge is 2.19. The normalized spacial score (nSPS) is 12.0. The molecule has 1 rings (SSSR count). The van der Waals surface area contributed by atoms with Gasteiger partial charge in [0.25, 0.3) is 9.05 Å². The molecule has 0 atom stereocenters. The third kappa shape index (κ3) is 4.71. The smallest absolute Gasteiger partial charge is 0.261 e. The highest BCUT2D eigenvalue weighted by atomic mass is 35.7. The van der Waals surface area contributed by atoms with E-state index in [2.05, 4.69) is 6.07 Å². The molecule has 0 saturated carbocycles. The van der Waals surface area contributed by atoms with E-state index in [1.807, 2.05) is 0 Å². The summed E-state index contributed by atoms with van der Waals surface area (Å²) in [6.45, 7) is 3.79. The zero-order chi connectivity index (χ0) is 15.6. The molecular weight excluding hydrogens is 345 g/mol. The van der Waals surface area contributed by atoms with Gasteiger partial charge < -0.3 is 4.74 Å². The Morgan fingerprint density at radius 3 is 2.20 bits per heavy atom. The van der Waals surface area contributed by atoms with Crippen molar-refractivity contribution in [1.29, 1.82) is 5.26 Å². The lowest BCUT2D eigenvalue weighted by Crippen LogP contribution is -2.13. The number of hydrogen-bond acceptors (Lipinski definition) is 4. The minimum Gasteiger partial charge on any atom is -0.490 e. The van der Waals surface area contributed by atoms with Crippen molar-refractivity contribution in [2.75, 3.05) is 6.61 Å². The summed E-state index contributed by atoms with van der Waals surface area (Å²) in [7, 11) is 1.31. The van der Waals surface area contributed by atoms with Crippen molar-refractivity contribution in [1.82, 2.24) is 0 Å². The van der Waals surface area contributed by atoms with Gasteiger partial charge in [-0.25, -0.2) is 8.42 Å². The average molecular weight is 357 g/mol. The third-order valence-electron chi connectivity index (χ3n) is 2.53. The van der Waals surface area contributed by atoms with Gasteiger partial charge in [-0.05, 0) is 32.4 Å². The summed E-state index contributed by atoms with van der Waals surface area (Å²) in [6.07, 6.45) is 0.478. The summed E-state index contributed by atoms with van der Waals surface area (Å²) in [4.78, 5) is -0.195. The lowest BCUT2D eigenvalue weighted by molar-refractivity contribution is 0.264. The van der Waals surface area contributed by atoms with E-state index in [-0.39, 0.29) is 27.3 Å². The van der Waals surface area contributed by atoms with Crippen molar-refractivity contribution in [3.63, 3.8) is 0 Å². The minimum atomic E-state index is -3.91. The van der Waals surface area contributed by atoms with Crippen LogP contribution in [-0.2, 0) is 9.05 Å². The number of benzene rings is 1. The van der Waals surface area contributed by atoms with Crippen molar-refractivity contribution in [3.05, 3.63) is 22.2 Å². The standard InChI is InChI=1S/C12H12Cl3NO3S/c1-12(2,7-16)3-4-19-11-9(13)5-8(6-10(11)14)20(15,17)18/h5-6H,3-4H2,1-2H3. The van der Waals surface area contributed by atoms with Gasteiger partial charge in [-0.1, -0.05) is 23.2 Å². The van der Waals surface area contributed by atoms with E-state index < -0.39 is 14.5 Å². The van der Waals surface area contributed by atoms with Gasteiger partial charge in [-0.15, -0.1) is 0 Å². The van der Waals surface area contributed by atoms with E-state index in [4.69, 9.17) is 43.9 Å². The van der Waals surface area contributed by atoms with Crippen molar-refractivity contribution < 1.29 is 13.2 Å². The van der Waals surface area contributed by atoms with Gasteiger partial charge in [0.2, 0.25) is 0 Å². The van der Waals surface area contributed by atoms with Crippen molar-refractivity contribution in [2.45, 2.75) is 25.2 Å². The molecule has 0 aliphatic rings. The molecule has 20 heavy (non-hydrogen) atoms. The van der Waals surface area contributed by atoms with E-state index in [1.54, 1.807) is 13.8 Å². The summed E-state index contributed by atoms with van der Waals surface area (Å²) < 4.78 is 27.8. The van der Waals surface area contributed by atoms with Crippen molar-refractivity contribution in [3.8, 4) is 11.8 Å². The molecule has 1 aromatic carbocycles. The highest BCUT2D eigenvalue weighted by molar-refractivity contribution is 8.13. The summed E-state index contributed by atoms with van der Waals surface area (Å²) in [6, 6.07) is 4.48. The summed E-state index contributed by atoms with van der Waals surface area (Å²) in [5.41, 5.74) is -0.529. The Balaban J connectivity index is 2.91. The second-order valence-electron chi connectivity index (χ2n) is 4.75. The van der Waals surface area contributed by atoms with Crippen LogP contribution in [-0.4, -0.2) is 15.0 Å². The topological polar surface area (TPSA) is 67.2 Å². The average Bonchev–Trinajstić information content (AvgIpc) is 2.31. The maximum absolute atomic E-state index is 11.2. The quantitative estimate of drug-likeness (QED) is 0.740. The fraction of sp³-hybridized carbons (Fsp3) is 0.417. The second kappa shape index (κ2) is 6.40. The first-order valence-electron chi connectivity index (χ1n) is 5.54. The third-order valence-corrected chi connectivity index (χ3v) is 4.42. The SMILES string of the molecule is CC(C)(C#N)CCOc1c(Cl)cc(S(=O)(=O)Cl)cc1Cl. The summed E-state index contributed by atoms with van der Waals surface area (Å²) in [5, 5.41) is 8.98. The van der Waals surface area contributed by atoms with Crippen LogP contribution in [0.2, 0.25) is 10.0 Å². The molecule has 0 aliphatic heterocycles. The number of rotatable bonds is 5. The maximum atomic E-state index is 11.2. The molecule has 0 unspecified atom stereocenters. The molecule has 0 N–H and O–H groups in total. The van der Waals surface area contributed by atoms with Crippen LogP contribution in [0.1, 0.15) is 20.3 Å². The Kier molecular flexibility index (Phi) is 5.56. The van der Waals surface area contributed by atoms with E-state index in [0.29, 0.717) is 6.42 Å². The van der Waals surface area contributed by atoms with Crippen LogP contribution < -0.4 is 4.74 Å². The minimum absolute atomic E-state index is 0.0477. The zero-order valence-corrected chi connectivity index (χ0v) is 13.9. The molecule has 0 radical (unpaired) electrons. The molecule has 0 heterocycles. The van der Waals surface area contributed by atoms with Gasteiger partial charge in [0.15, 0.2) is 5.75 Å². The van der Waals surface area contributed by atoms with Crippen LogP contribution in [0.25, 0.3) is 0 Å². The first-order valence-corrected chi connectivity index (χ1v) is 8.61. The molecule has 0 amide bonds. The maximum Gasteiger partial charge on any atom is 0.261 e. The first kappa shape index (κ1) is 17.4. The van der Waals surface area contributed by atoms with Crippen molar-refractivity contribution >= 4 is 42.9 Å². The number of hydrogen-bond donors (Lipinski definition) is 0. The van der Waals surface area contributed by atoms with Crippen LogP contribution in [0.3, 0.4) is 0 Å². The van der Waals surface area contributed by atoms with Crippen LogP contribution in [0.5, 0.6) is 5.75 Å². The Hall–Kier alpha value is -0.670. The monoisotopic (exact) mass is 355 g/mol. The van der Waals surface area contributed by atoms with Crippen LogP contribution in [0, 0.1) is 16.7 Å². The Bertz CT molecular complexity index is 627. The van der Waals surface area contributed by atoms with Gasteiger partial charge in [0, 0.05) is 10.7 Å². The van der Waals surface area contributed by atoms with E-state index in [1.165, 1.54) is 12.1 Å². The summed E-state index contributed by atoms with van der Waals surface area (Å²) in [5.74, 6) is 0.172. The van der Waals surface area contributed by atoms with E-state index in [0.717, 1.165) is 0 Å². The zero-order valence-electron chi connectivity index (χ0n) is 10.8. The van der Waals surface area contributed by atoms with Gasteiger partial charge >= 0.3 is 0 Å². The Morgan fingerprint density at radius 1 is 1.30 bits per heavy atom. The summed E-state index contributed by atoms with van der Waals surface area (Å²) >= 11 is 11.9. The molecule has 0 aromatic heterocycles. The van der Waals surface area contributed by atoms with Crippen LogP contribution in [0.15, 0.2) is 17.0 Å².